The SMILES string of the molecule is [N-]=[N+]=Nc1cccc(-c2c3nc(c(-c4cccc(N=[N+]=[N-])c4)c4ccc([nH]4)c(-c4cccc(N=[N+]=[N-])c4)c4nc(c(-c5ccc(Cn6cc(-c7ccccc7)nn6)cc5)c5ccc2[nH]5)C=C4)C=C3)c1. The van der Waals surface area contributed by atoms with E-state index in [1.807, 2.05) is 144 Å². The van der Waals surface area contributed by atoms with Crippen LogP contribution in [0.2, 0.25) is 0 Å². The molecule has 0 amide bonds. The summed E-state index contributed by atoms with van der Waals surface area (Å²) in [5, 5.41) is 20.6. The molecular weight excluding hydrogens is 861 g/mol. The summed E-state index contributed by atoms with van der Waals surface area (Å²) < 4.78 is 1.83. The minimum atomic E-state index is 0.444. The molecule has 5 aromatic carbocycles. The summed E-state index contributed by atoms with van der Waals surface area (Å²) in [7, 11) is 0. The Morgan fingerprint density at radius 3 is 1.26 bits per heavy atom. The highest BCUT2D eigenvalue weighted by atomic mass is 15.4. The maximum absolute atomic E-state index is 9.40. The molecule has 0 unspecified atom stereocenters. The van der Waals surface area contributed by atoms with Crippen molar-refractivity contribution in [2.45, 2.75) is 6.54 Å². The van der Waals surface area contributed by atoms with Crippen molar-refractivity contribution in [3.05, 3.63) is 218 Å². The molecule has 8 bridgehead atoms. The molecule has 0 saturated heterocycles. The van der Waals surface area contributed by atoms with Crippen LogP contribution in [0.1, 0.15) is 28.3 Å². The quantitative estimate of drug-likeness (QED) is 0.0774. The van der Waals surface area contributed by atoms with Gasteiger partial charge in [-0.05, 0) is 111 Å². The number of nitrogens with one attached hydrogen (secondary N) is 2. The third-order valence-electron chi connectivity index (χ3n) is 11.8. The Kier molecular flexibility index (Phi) is 10.8. The van der Waals surface area contributed by atoms with Crippen LogP contribution >= 0.6 is 0 Å². The lowest BCUT2D eigenvalue weighted by atomic mass is 10.0. The number of benzene rings is 5. The second-order valence-corrected chi connectivity index (χ2v) is 16.1. The first kappa shape index (κ1) is 41.5. The molecule has 326 valence electrons. The molecule has 0 aliphatic carbocycles. The van der Waals surface area contributed by atoms with Crippen molar-refractivity contribution in [1.29, 1.82) is 0 Å². The molecule has 2 N–H and O–H groups in total. The van der Waals surface area contributed by atoms with Crippen LogP contribution in [0.3, 0.4) is 0 Å². The summed E-state index contributed by atoms with van der Waals surface area (Å²) in [4.78, 5) is 27.3. The third-order valence-corrected chi connectivity index (χ3v) is 11.8. The van der Waals surface area contributed by atoms with Gasteiger partial charge in [0.1, 0.15) is 5.69 Å². The highest BCUT2D eigenvalue weighted by Crippen LogP contribution is 2.40. The number of nitrogens with zero attached hydrogens (tertiary/aromatic N) is 14. The molecule has 16 nitrogen and oxygen atoms in total. The molecule has 4 aromatic heterocycles. The minimum absolute atomic E-state index is 0.444. The van der Waals surface area contributed by atoms with E-state index in [0.29, 0.717) is 46.4 Å². The van der Waals surface area contributed by atoms with E-state index in [9.17, 15) is 16.6 Å². The standard InChI is InChI=1S/C53H34N16/c54-65-61-38-12-4-9-35(27-38)51-43-21-19-41(57-43)50(34-17-15-32(16-18-34)30-69-31-49(64-68-69)33-7-2-1-3-8-33)42-20-22-44(58-42)52(36-10-5-13-39(28-36)62-66-55)46-24-26-48(60-46)53(47-25-23-45(51)59-47)37-11-6-14-40(29-37)63-67-56/h1-29,31,57,60H,30H2. The fourth-order valence-corrected chi connectivity index (χ4v) is 8.83. The molecule has 0 spiro atoms. The predicted octanol–water partition coefficient (Wildman–Crippen LogP) is 15.5. The van der Waals surface area contributed by atoms with Crippen LogP contribution in [-0.4, -0.2) is 34.9 Å². The van der Waals surface area contributed by atoms with E-state index in [2.05, 4.69) is 74.6 Å². The van der Waals surface area contributed by atoms with Crippen LogP contribution in [0.4, 0.5) is 17.1 Å². The van der Waals surface area contributed by atoms with Crippen molar-refractivity contribution in [3.63, 3.8) is 0 Å². The van der Waals surface area contributed by atoms with E-state index >= 15 is 0 Å². The molecule has 0 saturated carbocycles. The second kappa shape index (κ2) is 18.0. The average molecular weight is 895 g/mol. The zero-order valence-electron chi connectivity index (χ0n) is 36.3. The first-order valence-corrected chi connectivity index (χ1v) is 21.7. The average Bonchev–Trinajstić information content (AvgIpc) is 4.25. The van der Waals surface area contributed by atoms with Crippen molar-refractivity contribution in [3.8, 4) is 55.8 Å². The van der Waals surface area contributed by atoms with Gasteiger partial charge in [-0.3, -0.25) is 0 Å². The monoisotopic (exact) mass is 894 g/mol. The normalized spacial score (nSPS) is 11.4. The molecular formula is C53H34N16. The van der Waals surface area contributed by atoms with Crippen LogP contribution in [0.25, 0.3) is 133 Å². The third kappa shape index (κ3) is 8.23. The number of azide groups is 3. The number of hydrogen-bond donors (Lipinski definition) is 2. The van der Waals surface area contributed by atoms with Crippen molar-refractivity contribution in [1.82, 2.24) is 34.9 Å². The van der Waals surface area contributed by atoms with Crippen LogP contribution < -0.4 is 0 Å². The molecule has 2 aliphatic rings. The lowest BCUT2D eigenvalue weighted by Crippen LogP contribution is -2.00. The predicted molar refractivity (Wildman–Crippen MR) is 272 cm³/mol. The number of H-pyrrole nitrogens is 2. The lowest BCUT2D eigenvalue weighted by molar-refractivity contribution is 0.650. The molecule has 69 heavy (non-hydrogen) atoms. The van der Waals surface area contributed by atoms with E-state index in [1.54, 1.807) is 18.2 Å². The van der Waals surface area contributed by atoms with Gasteiger partial charge in [0.25, 0.3) is 0 Å². The lowest BCUT2D eigenvalue weighted by Gasteiger charge is -2.08. The number of rotatable bonds is 10. The van der Waals surface area contributed by atoms with Gasteiger partial charge in [0.2, 0.25) is 0 Å². The van der Waals surface area contributed by atoms with Crippen LogP contribution in [-0.2, 0) is 6.54 Å². The van der Waals surface area contributed by atoms with E-state index in [0.717, 1.165) is 83.4 Å². The first-order valence-electron chi connectivity index (χ1n) is 21.7. The zero-order chi connectivity index (χ0) is 46.7. The Labute approximate surface area is 392 Å². The smallest absolute Gasteiger partial charge is 0.113 e. The summed E-state index contributed by atoms with van der Waals surface area (Å²) in [5.74, 6) is 0. The Morgan fingerprint density at radius 2 is 0.841 bits per heavy atom. The number of hydrogen-bond acceptors (Lipinski definition) is 7. The maximum atomic E-state index is 9.40. The number of fused-ring (bicyclic) bond motifs is 8. The fourth-order valence-electron chi connectivity index (χ4n) is 8.83. The number of aromatic nitrogens is 7. The molecule has 0 atom stereocenters. The molecule has 0 radical (unpaired) electrons. The second-order valence-electron chi connectivity index (χ2n) is 16.1. The minimum Gasteiger partial charge on any atom is -0.354 e. The zero-order valence-corrected chi connectivity index (χ0v) is 36.3. The van der Waals surface area contributed by atoms with E-state index in [4.69, 9.17) is 9.97 Å². The van der Waals surface area contributed by atoms with E-state index in [-0.39, 0.29) is 0 Å². The van der Waals surface area contributed by atoms with Gasteiger partial charge in [0, 0.05) is 81.7 Å². The summed E-state index contributed by atoms with van der Waals surface area (Å²) >= 11 is 0. The van der Waals surface area contributed by atoms with Gasteiger partial charge in [0.05, 0.1) is 35.5 Å². The van der Waals surface area contributed by atoms with Gasteiger partial charge < -0.3 is 9.97 Å². The highest BCUT2D eigenvalue weighted by molar-refractivity contribution is 6.00. The fraction of sp³-hybridized carbons (Fsp3) is 0.0189. The molecule has 6 heterocycles. The van der Waals surface area contributed by atoms with Crippen molar-refractivity contribution < 1.29 is 0 Å². The molecule has 16 heteroatoms. The summed E-state index contributed by atoms with van der Waals surface area (Å²) in [6.07, 6.45) is 9.88. The summed E-state index contributed by atoms with van der Waals surface area (Å²) in [6, 6.07) is 48.6. The highest BCUT2D eigenvalue weighted by Gasteiger charge is 2.20. The van der Waals surface area contributed by atoms with Gasteiger partial charge in [-0.15, -0.1) is 5.10 Å². The Morgan fingerprint density at radius 1 is 0.435 bits per heavy atom. The Balaban J connectivity index is 1.19. The van der Waals surface area contributed by atoms with Gasteiger partial charge >= 0.3 is 0 Å². The van der Waals surface area contributed by atoms with Crippen LogP contribution in [0.5, 0.6) is 0 Å². The van der Waals surface area contributed by atoms with Gasteiger partial charge in [-0.2, -0.15) is 0 Å². The summed E-state index contributed by atoms with van der Waals surface area (Å²) in [6.45, 7) is 0.520. The Bertz CT molecular complexity index is 3840. The maximum Gasteiger partial charge on any atom is 0.113 e. The van der Waals surface area contributed by atoms with Gasteiger partial charge in [0.15, 0.2) is 0 Å². The van der Waals surface area contributed by atoms with Crippen molar-refractivity contribution >= 4 is 63.4 Å². The van der Waals surface area contributed by atoms with Crippen molar-refractivity contribution in [2.24, 2.45) is 15.3 Å². The Hall–Kier alpha value is -10.2. The molecule has 2 aliphatic heterocycles. The summed E-state index contributed by atoms with van der Waals surface area (Å²) in [5.41, 5.74) is 44.5. The molecule has 0 fully saturated rings. The van der Waals surface area contributed by atoms with E-state index < -0.39 is 0 Å². The topological polar surface area (TPSA) is 234 Å². The van der Waals surface area contributed by atoms with Crippen LogP contribution in [0, 0.1) is 0 Å². The molecule has 9 aromatic rings. The van der Waals surface area contributed by atoms with Gasteiger partial charge in [-0.1, -0.05) is 130 Å². The van der Waals surface area contributed by atoms with Crippen LogP contribution in [0.15, 0.2) is 173 Å². The number of aromatic amines is 2. The van der Waals surface area contributed by atoms with E-state index in [1.165, 1.54) is 0 Å². The largest absolute Gasteiger partial charge is 0.354 e. The van der Waals surface area contributed by atoms with Gasteiger partial charge in [-0.25, -0.2) is 14.6 Å². The first-order chi connectivity index (χ1) is 34.0. The molecule has 11 rings (SSSR count). The van der Waals surface area contributed by atoms with Crippen molar-refractivity contribution in [2.75, 3.05) is 0 Å².